The number of nitrogens with one attached hydrogen (secondary N) is 1. The Kier molecular flexibility index (Phi) is 5.27. The Morgan fingerprint density at radius 3 is 2.80 bits per heavy atom. The van der Waals surface area contributed by atoms with Crippen LogP contribution in [0, 0.1) is 5.92 Å². The molecule has 1 fully saturated rings. The third-order valence-corrected chi connectivity index (χ3v) is 5.82. The van der Waals surface area contributed by atoms with Gasteiger partial charge >= 0.3 is 0 Å². The Hall–Kier alpha value is -0.380. The summed E-state index contributed by atoms with van der Waals surface area (Å²) in [6, 6.07) is 2.95. The van der Waals surface area contributed by atoms with Gasteiger partial charge < -0.3 is 5.32 Å². The third-order valence-electron chi connectivity index (χ3n) is 4.87. The minimum Gasteiger partial charge on any atom is -0.309 e. The summed E-state index contributed by atoms with van der Waals surface area (Å²) in [6.45, 7) is 15.0. The second-order valence-electron chi connectivity index (χ2n) is 6.73. The van der Waals surface area contributed by atoms with Crippen molar-refractivity contribution in [3.8, 4) is 0 Å². The number of piperazine rings is 1. The van der Waals surface area contributed by atoms with Crippen LogP contribution in [0.15, 0.2) is 11.4 Å². The molecule has 114 valence electrons. The van der Waals surface area contributed by atoms with Gasteiger partial charge in [-0.2, -0.15) is 0 Å². The van der Waals surface area contributed by atoms with E-state index >= 15 is 0 Å². The topological polar surface area (TPSA) is 15.3 Å². The van der Waals surface area contributed by atoms with E-state index in [0.29, 0.717) is 12.0 Å². The van der Waals surface area contributed by atoms with E-state index in [1.165, 1.54) is 12.0 Å². The van der Waals surface area contributed by atoms with Crippen LogP contribution in [0.5, 0.6) is 0 Å². The summed E-state index contributed by atoms with van der Waals surface area (Å²) in [5.74, 6) is 0.703. The highest BCUT2D eigenvalue weighted by atomic mass is 32.1. The molecule has 1 N–H and O–H groups in total. The largest absolute Gasteiger partial charge is 0.309 e. The van der Waals surface area contributed by atoms with Gasteiger partial charge in [0.2, 0.25) is 0 Å². The smallest absolute Gasteiger partial charge is 0.0335 e. The Morgan fingerprint density at radius 2 is 2.20 bits per heavy atom. The first-order valence-corrected chi connectivity index (χ1v) is 8.91. The van der Waals surface area contributed by atoms with Gasteiger partial charge in [-0.3, -0.25) is 4.90 Å². The molecule has 0 bridgehead atoms. The summed E-state index contributed by atoms with van der Waals surface area (Å²) in [6.07, 6.45) is 2.35. The molecule has 2 atom stereocenters. The lowest BCUT2D eigenvalue weighted by Crippen LogP contribution is -2.63. The molecule has 3 heteroatoms. The Morgan fingerprint density at radius 1 is 1.45 bits per heavy atom. The summed E-state index contributed by atoms with van der Waals surface area (Å²) in [5, 5.41) is 6.03. The fourth-order valence-electron chi connectivity index (χ4n) is 3.17. The van der Waals surface area contributed by atoms with Crippen molar-refractivity contribution in [1.29, 1.82) is 0 Å². The van der Waals surface area contributed by atoms with Gasteiger partial charge in [0.15, 0.2) is 0 Å². The summed E-state index contributed by atoms with van der Waals surface area (Å²) in [5.41, 5.74) is 1.81. The Bertz CT molecular complexity index is 426. The summed E-state index contributed by atoms with van der Waals surface area (Å²) < 4.78 is 0. The summed E-state index contributed by atoms with van der Waals surface area (Å²) in [7, 11) is 0. The average molecular weight is 295 g/mol. The first-order chi connectivity index (χ1) is 9.49. The quantitative estimate of drug-likeness (QED) is 0.886. The van der Waals surface area contributed by atoms with E-state index in [9.17, 15) is 0 Å². The molecular weight excluding hydrogens is 264 g/mol. The average Bonchev–Trinajstić information content (AvgIpc) is 2.86. The van der Waals surface area contributed by atoms with E-state index in [-0.39, 0.29) is 5.54 Å². The number of hydrogen-bond acceptors (Lipinski definition) is 3. The van der Waals surface area contributed by atoms with Crippen LogP contribution in [-0.4, -0.2) is 29.6 Å². The van der Waals surface area contributed by atoms with Gasteiger partial charge in [0.25, 0.3) is 0 Å². The van der Waals surface area contributed by atoms with Crippen LogP contribution in [-0.2, 0) is 13.0 Å². The van der Waals surface area contributed by atoms with Crippen molar-refractivity contribution in [3.05, 3.63) is 21.9 Å². The molecule has 1 aromatic heterocycles. The van der Waals surface area contributed by atoms with Crippen LogP contribution in [0.1, 0.15) is 51.5 Å². The van der Waals surface area contributed by atoms with Crippen LogP contribution in [0.2, 0.25) is 0 Å². The molecule has 1 saturated heterocycles. The zero-order chi connectivity index (χ0) is 14.8. The molecular formula is C17H30N2S. The standard InChI is InChI=1S/C17H30N2S/c1-6-14-8-9-20-16(14)11-19-12-17(5,7-2)18-10-15(19)13(3)4/h8-9,13,15,18H,6-7,10-12H2,1-5H3. The summed E-state index contributed by atoms with van der Waals surface area (Å²) in [4.78, 5) is 4.29. The fraction of sp³-hybridized carbons (Fsp3) is 0.765. The van der Waals surface area contributed by atoms with E-state index < -0.39 is 0 Å². The lowest BCUT2D eigenvalue weighted by atomic mass is 9.90. The van der Waals surface area contributed by atoms with Crippen molar-refractivity contribution < 1.29 is 0 Å². The lowest BCUT2D eigenvalue weighted by molar-refractivity contribution is 0.0545. The highest BCUT2D eigenvalue weighted by Gasteiger charge is 2.35. The van der Waals surface area contributed by atoms with E-state index in [1.807, 2.05) is 11.3 Å². The van der Waals surface area contributed by atoms with Crippen molar-refractivity contribution in [2.24, 2.45) is 5.92 Å². The molecule has 0 radical (unpaired) electrons. The van der Waals surface area contributed by atoms with E-state index in [0.717, 1.165) is 26.1 Å². The van der Waals surface area contributed by atoms with Gasteiger partial charge in [-0.1, -0.05) is 27.7 Å². The van der Waals surface area contributed by atoms with Crippen LogP contribution < -0.4 is 5.32 Å². The number of rotatable bonds is 5. The molecule has 1 aromatic rings. The molecule has 2 rings (SSSR count). The van der Waals surface area contributed by atoms with Gasteiger partial charge in [0.05, 0.1) is 0 Å². The molecule has 0 saturated carbocycles. The molecule has 2 unspecified atom stereocenters. The monoisotopic (exact) mass is 294 g/mol. The second kappa shape index (κ2) is 6.59. The minimum atomic E-state index is 0.273. The fourth-order valence-corrected chi connectivity index (χ4v) is 4.17. The number of aryl methyl sites for hydroxylation is 1. The maximum Gasteiger partial charge on any atom is 0.0335 e. The van der Waals surface area contributed by atoms with Crippen LogP contribution in [0.25, 0.3) is 0 Å². The van der Waals surface area contributed by atoms with Gasteiger partial charge in [0, 0.05) is 36.1 Å². The predicted molar refractivity (Wildman–Crippen MR) is 89.4 cm³/mol. The first-order valence-electron chi connectivity index (χ1n) is 8.03. The first kappa shape index (κ1) is 16.0. The minimum absolute atomic E-state index is 0.273. The van der Waals surface area contributed by atoms with Crippen molar-refractivity contribution in [2.75, 3.05) is 13.1 Å². The van der Waals surface area contributed by atoms with Gasteiger partial charge in [-0.15, -0.1) is 11.3 Å². The van der Waals surface area contributed by atoms with E-state index in [2.05, 4.69) is 56.3 Å². The SMILES string of the molecule is CCc1ccsc1CN1CC(C)(CC)NCC1C(C)C. The van der Waals surface area contributed by atoms with Crippen molar-refractivity contribution in [2.45, 2.75) is 65.6 Å². The van der Waals surface area contributed by atoms with Crippen LogP contribution >= 0.6 is 11.3 Å². The van der Waals surface area contributed by atoms with E-state index in [1.54, 1.807) is 4.88 Å². The third kappa shape index (κ3) is 3.44. The zero-order valence-electron chi connectivity index (χ0n) is 13.7. The van der Waals surface area contributed by atoms with Crippen LogP contribution in [0.4, 0.5) is 0 Å². The maximum atomic E-state index is 3.78. The highest BCUT2D eigenvalue weighted by molar-refractivity contribution is 7.10. The maximum absolute atomic E-state index is 3.78. The normalized spacial score (nSPS) is 28.2. The molecule has 0 spiro atoms. The molecule has 1 aliphatic heterocycles. The molecule has 0 aliphatic carbocycles. The number of thiophene rings is 1. The molecule has 0 aromatic carbocycles. The molecule has 2 nitrogen and oxygen atoms in total. The molecule has 20 heavy (non-hydrogen) atoms. The Balaban J connectivity index is 2.15. The van der Waals surface area contributed by atoms with Gasteiger partial charge in [-0.25, -0.2) is 0 Å². The predicted octanol–water partition coefficient (Wildman–Crippen LogP) is 3.91. The zero-order valence-corrected chi connectivity index (χ0v) is 14.5. The number of hydrogen-bond donors (Lipinski definition) is 1. The lowest BCUT2D eigenvalue weighted by Gasteiger charge is -2.47. The van der Waals surface area contributed by atoms with Crippen molar-refractivity contribution in [1.82, 2.24) is 10.2 Å². The van der Waals surface area contributed by atoms with Crippen molar-refractivity contribution in [3.63, 3.8) is 0 Å². The van der Waals surface area contributed by atoms with Crippen molar-refractivity contribution >= 4 is 11.3 Å². The second-order valence-corrected chi connectivity index (χ2v) is 7.73. The van der Waals surface area contributed by atoms with Gasteiger partial charge in [-0.05, 0) is 42.7 Å². The summed E-state index contributed by atoms with van der Waals surface area (Å²) >= 11 is 1.93. The van der Waals surface area contributed by atoms with Crippen LogP contribution in [0.3, 0.4) is 0 Å². The molecule has 1 aliphatic rings. The van der Waals surface area contributed by atoms with Gasteiger partial charge in [0.1, 0.15) is 0 Å². The molecule has 0 amide bonds. The Labute approximate surface area is 128 Å². The molecule has 2 heterocycles. The van der Waals surface area contributed by atoms with E-state index in [4.69, 9.17) is 0 Å². The highest BCUT2D eigenvalue weighted by Crippen LogP contribution is 2.27. The number of nitrogens with zero attached hydrogens (tertiary/aromatic N) is 1.